The monoisotopic (exact) mass is 336 g/mol. The molecular formula is C16H21ClN4O2. The van der Waals surface area contributed by atoms with Gasteiger partial charge in [-0.15, -0.1) is 0 Å². The lowest BCUT2D eigenvalue weighted by Crippen LogP contribution is -2.08. The minimum absolute atomic E-state index is 0.566. The summed E-state index contributed by atoms with van der Waals surface area (Å²) in [5.41, 5.74) is 1.76. The Morgan fingerprint density at radius 3 is 2.83 bits per heavy atom. The summed E-state index contributed by atoms with van der Waals surface area (Å²) in [4.78, 5) is 8.63. The summed E-state index contributed by atoms with van der Waals surface area (Å²) >= 11 is 6.12. The molecule has 0 aliphatic heterocycles. The Kier molecular flexibility index (Phi) is 6.43. The third-order valence-corrected chi connectivity index (χ3v) is 3.61. The van der Waals surface area contributed by atoms with Gasteiger partial charge < -0.3 is 20.1 Å². The molecule has 23 heavy (non-hydrogen) atoms. The first kappa shape index (κ1) is 17.3. The average molecular weight is 337 g/mol. The maximum atomic E-state index is 6.12. The molecule has 2 rings (SSSR count). The van der Waals surface area contributed by atoms with Crippen LogP contribution < -0.4 is 15.4 Å². The highest BCUT2D eigenvalue weighted by molar-refractivity contribution is 6.31. The first-order chi connectivity index (χ1) is 11.1. The van der Waals surface area contributed by atoms with Crippen molar-refractivity contribution in [1.82, 2.24) is 9.97 Å². The van der Waals surface area contributed by atoms with Gasteiger partial charge in [0, 0.05) is 37.5 Å². The molecule has 0 radical (unpaired) electrons. The molecule has 0 saturated heterocycles. The van der Waals surface area contributed by atoms with Crippen molar-refractivity contribution in [3.8, 4) is 5.75 Å². The predicted molar refractivity (Wildman–Crippen MR) is 93.0 cm³/mol. The van der Waals surface area contributed by atoms with E-state index >= 15 is 0 Å². The second-order valence-electron chi connectivity index (χ2n) is 4.97. The molecule has 0 bridgehead atoms. The Morgan fingerprint density at radius 2 is 2.09 bits per heavy atom. The highest BCUT2D eigenvalue weighted by Crippen LogP contribution is 2.32. The molecule has 0 fully saturated rings. The Morgan fingerprint density at radius 1 is 1.26 bits per heavy atom. The Balaban J connectivity index is 2.10. The second kappa shape index (κ2) is 8.55. The largest absolute Gasteiger partial charge is 0.495 e. The van der Waals surface area contributed by atoms with Gasteiger partial charge in [-0.05, 0) is 31.0 Å². The zero-order valence-electron chi connectivity index (χ0n) is 13.5. The highest BCUT2D eigenvalue weighted by atomic mass is 35.5. The fourth-order valence-corrected chi connectivity index (χ4v) is 2.15. The van der Waals surface area contributed by atoms with Gasteiger partial charge in [0.05, 0.1) is 12.8 Å². The minimum Gasteiger partial charge on any atom is -0.495 e. The number of hydrogen-bond donors (Lipinski definition) is 2. The number of ether oxygens (including phenoxy) is 2. The van der Waals surface area contributed by atoms with E-state index in [1.165, 1.54) is 0 Å². The molecule has 124 valence electrons. The van der Waals surface area contributed by atoms with Gasteiger partial charge in [-0.3, -0.25) is 0 Å². The molecule has 7 heteroatoms. The van der Waals surface area contributed by atoms with Crippen LogP contribution in [0.2, 0.25) is 5.02 Å². The van der Waals surface area contributed by atoms with Crippen molar-refractivity contribution in [2.75, 3.05) is 38.0 Å². The van der Waals surface area contributed by atoms with Gasteiger partial charge in [0.25, 0.3) is 0 Å². The summed E-state index contributed by atoms with van der Waals surface area (Å²) in [6, 6.07) is 5.50. The SMILES string of the molecule is COCCCNc1nccc(Nc2cc(C)c(Cl)cc2OC)n1. The number of aryl methyl sites for hydroxylation is 1. The van der Waals surface area contributed by atoms with Crippen LogP contribution in [0.25, 0.3) is 0 Å². The van der Waals surface area contributed by atoms with E-state index in [9.17, 15) is 0 Å². The summed E-state index contributed by atoms with van der Waals surface area (Å²) in [5.74, 6) is 1.90. The zero-order valence-corrected chi connectivity index (χ0v) is 14.3. The summed E-state index contributed by atoms with van der Waals surface area (Å²) in [5, 5.41) is 7.06. The standard InChI is InChI=1S/C16H21ClN4O2/c1-11-9-13(14(23-3)10-12(11)17)20-15-5-7-19-16(21-15)18-6-4-8-22-2/h5,7,9-10H,4,6,8H2,1-3H3,(H2,18,19,20,21). The van der Waals surface area contributed by atoms with Crippen LogP contribution in [0.4, 0.5) is 17.5 Å². The third kappa shape index (κ3) is 4.97. The fraction of sp³-hybridized carbons (Fsp3) is 0.375. The third-order valence-electron chi connectivity index (χ3n) is 3.21. The molecule has 6 nitrogen and oxygen atoms in total. The molecule has 0 aliphatic carbocycles. The topological polar surface area (TPSA) is 68.3 Å². The molecular weight excluding hydrogens is 316 g/mol. The number of hydrogen-bond acceptors (Lipinski definition) is 6. The van der Waals surface area contributed by atoms with E-state index < -0.39 is 0 Å². The average Bonchev–Trinajstić information content (AvgIpc) is 2.55. The number of rotatable bonds is 8. The van der Waals surface area contributed by atoms with E-state index in [0.29, 0.717) is 29.1 Å². The number of nitrogens with zero attached hydrogens (tertiary/aromatic N) is 2. The van der Waals surface area contributed by atoms with Crippen LogP contribution in [0.15, 0.2) is 24.4 Å². The second-order valence-corrected chi connectivity index (χ2v) is 5.37. The minimum atomic E-state index is 0.566. The Hall–Kier alpha value is -2.05. The molecule has 0 amide bonds. The number of methoxy groups -OCH3 is 2. The summed E-state index contributed by atoms with van der Waals surface area (Å²) in [6.07, 6.45) is 2.59. The normalized spacial score (nSPS) is 10.4. The highest BCUT2D eigenvalue weighted by Gasteiger charge is 2.08. The van der Waals surface area contributed by atoms with E-state index in [0.717, 1.165) is 24.2 Å². The number of halogens is 1. The maximum absolute atomic E-state index is 6.12. The predicted octanol–water partition coefficient (Wildman–Crippen LogP) is 3.64. The van der Waals surface area contributed by atoms with Crippen molar-refractivity contribution >= 4 is 29.1 Å². The first-order valence-corrected chi connectivity index (χ1v) is 7.69. The first-order valence-electron chi connectivity index (χ1n) is 7.31. The maximum Gasteiger partial charge on any atom is 0.224 e. The van der Waals surface area contributed by atoms with Crippen molar-refractivity contribution in [3.63, 3.8) is 0 Å². The van der Waals surface area contributed by atoms with Gasteiger partial charge in [0.1, 0.15) is 11.6 Å². The van der Waals surface area contributed by atoms with Crippen molar-refractivity contribution in [2.45, 2.75) is 13.3 Å². The van der Waals surface area contributed by atoms with Crippen LogP contribution in [0.5, 0.6) is 5.75 Å². The molecule has 1 aromatic carbocycles. The van der Waals surface area contributed by atoms with Gasteiger partial charge in [0.15, 0.2) is 0 Å². The molecule has 1 aromatic heterocycles. The molecule has 2 N–H and O–H groups in total. The van der Waals surface area contributed by atoms with Crippen LogP contribution in [0.1, 0.15) is 12.0 Å². The quantitative estimate of drug-likeness (QED) is 0.717. The van der Waals surface area contributed by atoms with Crippen LogP contribution >= 0.6 is 11.6 Å². The Labute approximate surface area is 141 Å². The van der Waals surface area contributed by atoms with E-state index in [1.807, 2.05) is 13.0 Å². The van der Waals surface area contributed by atoms with Gasteiger partial charge in [-0.2, -0.15) is 4.98 Å². The molecule has 0 unspecified atom stereocenters. The number of benzene rings is 1. The molecule has 0 atom stereocenters. The van der Waals surface area contributed by atoms with Crippen molar-refractivity contribution in [3.05, 3.63) is 35.0 Å². The molecule has 0 aliphatic rings. The van der Waals surface area contributed by atoms with Crippen LogP contribution in [0, 0.1) is 6.92 Å². The van der Waals surface area contributed by atoms with Gasteiger partial charge >= 0.3 is 0 Å². The fourth-order valence-electron chi connectivity index (χ4n) is 2.00. The lowest BCUT2D eigenvalue weighted by Gasteiger charge is -2.13. The van der Waals surface area contributed by atoms with Crippen molar-refractivity contribution < 1.29 is 9.47 Å². The molecule has 0 saturated carbocycles. The molecule has 2 aromatic rings. The zero-order chi connectivity index (χ0) is 16.7. The van der Waals surface area contributed by atoms with Crippen LogP contribution in [0.3, 0.4) is 0 Å². The summed E-state index contributed by atoms with van der Waals surface area (Å²) in [6.45, 7) is 3.39. The van der Waals surface area contributed by atoms with Gasteiger partial charge in [-0.25, -0.2) is 4.98 Å². The smallest absolute Gasteiger partial charge is 0.224 e. The number of nitrogens with one attached hydrogen (secondary N) is 2. The van der Waals surface area contributed by atoms with Gasteiger partial charge in [0.2, 0.25) is 5.95 Å². The van der Waals surface area contributed by atoms with Gasteiger partial charge in [-0.1, -0.05) is 11.6 Å². The van der Waals surface area contributed by atoms with Crippen LogP contribution in [-0.4, -0.2) is 37.3 Å². The number of anilines is 3. The van der Waals surface area contributed by atoms with E-state index in [1.54, 1.807) is 32.5 Å². The van der Waals surface area contributed by atoms with E-state index in [2.05, 4.69) is 20.6 Å². The van der Waals surface area contributed by atoms with E-state index in [4.69, 9.17) is 21.1 Å². The molecule has 0 spiro atoms. The number of aromatic nitrogens is 2. The molecule has 1 heterocycles. The van der Waals surface area contributed by atoms with Crippen LogP contribution in [-0.2, 0) is 4.74 Å². The summed E-state index contributed by atoms with van der Waals surface area (Å²) in [7, 11) is 3.29. The lowest BCUT2D eigenvalue weighted by atomic mass is 10.2. The van der Waals surface area contributed by atoms with Crippen molar-refractivity contribution in [1.29, 1.82) is 0 Å². The van der Waals surface area contributed by atoms with E-state index in [-0.39, 0.29) is 0 Å². The lowest BCUT2D eigenvalue weighted by molar-refractivity contribution is 0.197. The summed E-state index contributed by atoms with van der Waals surface area (Å²) < 4.78 is 10.4. The Bertz CT molecular complexity index is 652. The van der Waals surface area contributed by atoms with Crippen molar-refractivity contribution in [2.24, 2.45) is 0 Å².